The number of hydrogen-bond acceptors (Lipinski definition) is 11. The summed E-state index contributed by atoms with van der Waals surface area (Å²) in [5.74, 6) is 3.35. The Labute approximate surface area is 455 Å². The first-order valence-electron chi connectivity index (χ1n) is 25.3. The Bertz CT molecular complexity index is 3400. The van der Waals surface area contributed by atoms with E-state index in [0.717, 1.165) is 39.6 Å². The van der Waals surface area contributed by atoms with Crippen molar-refractivity contribution in [1.29, 1.82) is 0 Å². The van der Waals surface area contributed by atoms with E-state index in [1.807, 2.05) is 53.9 Å². The number of unbranched alkanes of at least 4 members (excludes halogenated alkanes) is 1. The highest BCUT2D eigenvalue weighted by atomic mass is 32.1. The number of carbonyl (C=O) groups excluding carboxylic acids is 7. The lowest BCUT2D eigenvalue weighted by molar-refractivity contribution is -0.139. The van der Waals surface area contributed by atoms with Gasteiger partial charge in [0, 0.05) is 96.7 Å². The molecular weight excluding hydrogens is 1060 g/mol. The standard InChI is InChI=1S/C56H54F2N7O10PS2/c1-62(28-7-3-6-12-36-13-8-14-41-42(36)34-65(53(41)70)44-23-25-48(66)61-50(44)68)49(67)26-30-63(40-20-17-37(18-21-40)52-59-27-31-77-52)55(72)45-15-9-29-64(45)54(71)43(22-16-35-10-4-2-5-11-35)60-51(69)47-33-38-32-39(19-24-46(38)78-47)56(57,58)76(73,74)75/h2,4-5,8,10-11,13-14,17-21,24,27,31-33,43-45H,3,7,9,15-16,22-23,25-26,28-30,34H2,1H3,(H,60,69)(H,61,66,68)(H2,73,74,75)/t43?,44?,45-/m0/s1. The number of aryl methyl sites for hydroxylation is 1. The van der Waals surface area contributed by atoms with Crippen LogP contribution in [-0.4, -0.2) is 116 Å². The number of imide groups is 1. The molecule has 2 aromatic heterocycles. The number of anilines is 1. The molecule has 78 heavy (non-hydrogen) atoms. The van der Waals surface area contributed by atoms with E-state index in [0.29, 0.717) is 65.7 Å². The van der Waals surface area contributed by atoms with Gasteiger partial charge in [0.25, 0.3) is 11.8 Å². The second-order valence-electron chi connectivity index (χ2n) is 19.3. The number of rotatable bonds is 18. The van der Waals surface area contributed by atoms with Gasteiger partial charge in [-0.05, 0) is 110 Å². The quantitative estimate of drug-likeness (QED) is 0.0286. The summed E-state index contributed by atoms with van der Waals surface area (Å²) in [6.07, 6.45) is 4.29. The van der Waals surface area contributed by atoms with Crippen molar-refractivity contribution < 1.29 is 56.7 Å². The third-order valence-corrected chi connectivity index (χ3v) is 17.1. The number of thiophene rings is 1. The van der Waals surface area contributed by atoms with Crippen molar-refractivity contribution in [2.24, 2.45) is 0 Å². The van der Waals surface area contributed by atoms with Crippen molar-refractivity contribution >= 4 is 87.4 Å². The molecule has 0 bridgehead atoms. The third-order valence-electron chi connectivity index (χ3n) is 14.1. The third kappa shape index (κ3) is 12.1. The van der Waals surface area contributed by atoms with Gasteiger partial charge in [-0.2, -0.15) is 8.78 Å². The lowest BCUT2D eigenvalue weighted by Gasteiger charge is -2.33. The Morgan fingerprint density at radius 2 is 1.76 bits per heavy atom. The zero-order valence-corrected chi connectivity index (χ0v) is 44.8. The lowest BCUT2D eigenvalue weighted by atomic mass is 10.0. The van der Waals surface area contributed by atoms with Crippen LogP contribution in [0.25, 0.3) is 20.7 Å². The Morgan fingerprint density at radius 3 is 2.49 bits per heavy atom. The Kier molecular flexibility index (Phi) is 16.8. The molecule has 0 aliphatic carbocycles. The molecule has 3 atom stereocenters. The first kappa shape index (κ1) is 55.3. The Balaban J connectivity index is 0.877. The van der Waals surface area contributed by atoms with Crippen molar-refractivity contribution in [3.63, 3.8) is 0 Å². The minimum Gasteiger partial charge on any atom is -0.346 e. The Morgan fingerprint density at radius 1 is 0.974 bits per heavy atom. The molecule has 2 saturated heterocycles. The van der Waals surface area contributed by atoms with Crippen LogP contribution in [0.2, 0.25) is 0 Å². The largest absolute Gasteiger partial charge is 0.399 e. The van der Waals surface area contributed by atoms with Gasteiger partial charge in [-0.15, -0.1) is 22.7 Å². The number of hydrogen-bond donors (Lipinski definition) is 4. The molecule has 4 aromatic carbocycles. The van der Waals surface area contributed by atoms with E-state index in [1.165, 1.54) is 38.2 Å². The first-order valence-corrected chi connectivity index (χ1v) is 28.6. The summed E-state index contributed by atoms with van der Waals surface area (Å²) in [5.41, 5.74) is -1.31. The number of carbonyl (C=O) groups is 7. The minimum atomic E-state index is -5.86. The number of likely N-dealkylation sites (tertiary alicyclic amines) is 1. The molecule has 0 radical (unpaired) electrons. The summed E-state index contributed by atoms with van der Waals surface area (Å²) in [4.78, 5) is 124. The topological polar surface area (TPSA) is 227 Å². The summed E-state index contributed by atoms with van der Waals surface area (Å²) >= 11 is 2.41. The van der Waals surface area contributed by atoms with Gasteiger partial charge in [0.05, 0.1) is 4.88 Å². The van der Waals surface area contributed by atoms with Gasteiger partial charge in [0.15, 0.2) is 0 Å². The maximum Gasteiger partial charge on any atom is 0.399 e. The fourth-order valence-corrected chi connectivity index (χ4v) is 12.0. The molecule has 3 aliphatic rings. The number of nitrogens with zero attached hydrogens (tertiary/aromatic N) is 5. The number of piperidine rings is 1. The van der Waals surface area contributed by atoms with E-state index in [9.17, 15) is 56.7 Å². The first-order chi connectivity index (χ1) is 37.4. The average molecular weight is 1120 g/mol. The molecule has 404 valence electrons. The Hall–Kier alpha value is -7.47. The summed E-state index contributed by atoms with van der Waals surface area (Å²) in [6.45, 7) is 0.739. The van der Waals surface area contributed by atoms with Crippen molar-refractivity contribution in [2.75, 3.05) is 31.6 Å². The van der Waals surface area contributed by atoms with Gasteiger partial charge in [-0.3, -0.25) is 43.4 Å². The molecule has 3 aliphatic heterocycles. The summed E-state index contributed by atoms with van der Waals surface area (Å²) in [7, 11) is -4.18. The molecule has 9 rings (SSSR count). The number of benzene rings is 4. The van der Waals surface area contributed by atoms with Crippen LogP contribution in [0.5, 0.6) is 0 Å². The van der Waals surface area contributed by atoms with Gasteiger partial charge in [0.1, 0.15) is 23.1 Å². The van der Waals surface area contributed by atoms with Crippen molar-refractivity contribution in [1.82, 2.24) is 30.3 Å². The maximum atomic E-state index is 15.0. The van der Waals surface area contributed by atoms with Crippen LogP contribution in [0.4, 0.5) is 14.5 Å². The van der Waals surface area contributed by atoms with Gasteiger partial charge >= 0.3 is 13.3 Å². The smallest absolute Gasteiger partial charge is 0.346 e. The SMILES string of the molecule is CN(CCCC#Cc1cccc2c1CN(C1CCC(=O)NC1=O)C2=O)C(=O)CCN(C(=O)[C@@H]1CCCN1C(=O)C(CCc1ccccc1)NC(=O)c1cc2cc(C(F)(F)P(=O)(O)O)ccc2s1)c1ccc(-c2nccs2)cc1. The molecule has 17 nitrogen and oxygen atoms in total. The zero-order chi connectivity index (χ0) is 55.3. The predicted molar refractivity (Wildman–Crippen MR) is 289 cm³/mol. The van der Waals surface area contributed by atoms with Gasteiger partial charge < -0.3 is 34.7 Å². The molecule has 4 N–H and O–H groups in total. The van der Waals surface area contributed by atoms with Crippen LogP contribution in [-0.2, 0) is 47.2 Å². The van der Waals surface area contributed by atoms with E-state index in [4.69, 9.17) is 0 Å². The molecule has 2 fully saturated rings. The van der Waals surface area contributed by atoms with E-state index in [2.05, 4.69) is 27.5 Å². The maximum absolute atomic E-state index is 15.0. The van der Waals surface area contributed by atoms with E-state index in [1.54, 1.807) is 42.4 Å². The molecule has 6 aromatic rings. The molecular formula is C56H54F2N7O10PS2. The van der Waals surface area contributed by atoms with E-state index >= 15 is 0 Å². The van der Waals surface area contributed by atoms with Crippen molar-refractivity contribution in [2.45, 2.75) is 88.1 Å². The van der Waals surface area contributed by atoms with Crippen molar-refractivity contribution in [3.05, 3.63) is 141 Å². The number of amides is 7. The monoisotopic (exact) mass is 1120 g/mol. The highest BCUT2D eigenvalue weighted by Gasteiger charge is 2.50. The number of nitrogens with one attached hydrogen (secondary N) is 2. The molecule has 0 saturated carbocycles. The predicted octanol–water partition coefficient (Wildman–Crippen LogP) is 7.45. The van der Waals surface area contributed by atoms with Crippen LogP contribution in [0.3, 0.4) is 0 Å². The normalized spacial score (nSPS) is 16.8. The van der Waals surface area contributed by atoms with Gasteiger partial charge in [-0.25, -0.2) is 4.98 Å². The second-order valence-corrected chi connectivity index (χ2v) is 22.9. The van der Waals surface area contributed by atoms with E-state index in [-0.39, 0.29) is 73.3 Å². The summed E-state index contributed by atoms with van der Waals surface area (Å²) in [6, 6.07) is 23.4. The number of halogens is 2. The zero-order valence-electron chi connectivity index (χ0n) is 42.2. The lowest BCUT2D eigenvalue weighted by Crippen LogP contribution is -2.54. The molecule has 7 amide bonds. The van der Waals surface area contributed by atoms with Crippen LogP contribution in [0.15, 0.2) is 109 Å². The summed E-state index contributed by atoms with van der Waals surface area (Å²) < 4.78 is 41.3. The number of alkyl halides is 2. The van der Waals surface area contributed by atoms with Crippen LogP contribution in [0, 0.1) is 11.8 Å². The summed E-state index contributed by atoms with van der Waals surface area (Å²) in [5, 5.41) is 7.94. The minimum absolute atomic E-state index is 0.0213. The second kappa shape index (κ2) is 23.6. The van der Waals surface area contributed by atoms with Gasteiger partial charge in [0.2, 0.25) is 29.5 Å². The molecule has 0 spiro atoms. The highest BCUT2D eigenvalue weighted by Crippen LogP contribution is 2.59. The number of aromatic nitrogens is 1. The number of thiazole rings is 1. The molecule has 5 heterocycles. The van der Waals surface area contributed by atoms with Gasteiger partial charge in [-0.1, -0.05) is 54.3 Å². The average Bonchev–Trinajstić information content (AvgIpc) is 4.28. The molecule has 2 unspecified atom stereocenters. The number of fused-ring (bicyclic) bond motifs is 2. The molecule has 22 heteroatoms. The van der Waals surface area contributed by atoms with E-state index < -0.39 is 60.6 Å². The van der Waals surface area contributed by atoms with Crippen LogP contribution in [0.1, 0.15) is 93.7 Å². The van der Waals surface area contributed by atoms with Crippen LogP contribution < -0.4 is 15.5 Å². The van der Waals surface area contributed by atoms with Crippen molar-refractivity contribution in [3.8, 4) is 22.4 Å². The fourth-order valence-electron chi connectivity index (χ4n) is 9.92. The fraction of sp³-hybridized carbons (Fsp3) is 0.321. The highest BCUT2D eigenvalue weighted by molar-refractivity contribution is 7.52. The van der Waals surface area contributed by atoms with Crippen LogP contribution >= 0.6 is 30.3 Å².